The number of ether oxygens (including phenoxy) is 1. The van der Waals surface area contributed by atoms with Gasteiger partial charge in [-0.1, -0.05) is 36.4 Å². The Bertz CT molecular complexity index is 1340. The van der Waals surface area contributed by atoms with E-state index < -0.39 is 24.5 Å². The van der Waals surface area contributed by atoms with Crippen molar-refractivity contribution in [2.45, 2.75) is 70.7 Å². The van der Waals surface area contributed by atoms with E-state index in [2.05, 4.69) is 41.8 Å². The van der Waals surface area contributed by atoms with E-state index in [1.807, 2.05) is 0 Å². The lowest BCUT2D eigenvalue weighted by Gasteiger charge is -2.47. The Hall–Kier alpha value is -3.60. The van der Waals surface area contributed by atoms with Gasteiger partial charge in [-0.25, -0.2) is 4.79 Å². The molecule has 1 spiro atoms. The zero-order valence-electron chi connectivity index (χ0n) is 23.9. The quantitative estimate of drug-likeness (QED) is 0.515. The van der Waals surface area contributed by atoms with Gasteiger partial charge in [-0.15, -0.1) is 0 Å². The molecule has 0 aromatic heterocycles. The number of amides is 2. The molecule has 3 aliphatic heterocycles. The molecule has 3 heterocycles. The van der Waals surface area contributed by atoms with Crippen LogP contribution in [-0.4, -0.2) is 65.5 Å². The number of likely N-dealkylation sites (tertiary alicyclic amines) is 2. The fraction of sp³-hybridized carbons (Fsp3) is 0.516. The van der Waals surface area contributed by atoms with Gasteiger partial charge in [-0.3, -0.25) is 14.5 Å². The number of benzene rings is 2. The van der Waals surface area contributed by atoms with Gasteiger partial charge in [-0.05, 0) is 75.2 Å². The number of hydrogen-bond acceptors (Lipinski definition) is 6. The van der Waals surface area contributed by atoms with Gasteiger partial charge in [0.2, 0.25) is 0 Å². The van der Waals surface area contributed by atoms with Crippen molar-refractivity contribution in [2.75, 3.05) is 26.2 Å². The predicted octanol–water partition coefficient (Wildman–Crippen LogP) is 4.60. The highest BCUT2D eigenvalue weighted by Crippen LogP contribution is 2.43. The second-order valence-corrected chi connectivity index (χ2v) is 12.3. The highest BCUT2D eigenvalue weighted by Gasteiger charge is 2.42. The number of para-hydroxylation sites is 1. The topological polar surface area (TPSA) is 88.2 Å². The van der Waals surface area contributed by atoms with Crippen LogP contribution in [0.1, 0.15) is 66.6 Å². The molecule has 2 aromatic rings. The summed E-state index contributed by atoms with van der Waals surface area (Å²) in [6, 6.07) is 12.9. The van der Waals surface area contributed by atoms with Gasteiger partial charge in [0.15, 0.2) is 0 Å². The van der Waals surface area contributed by atoms with E-state index in [1.54, 1.807) is 29.2 Å². The maximum Gasteiger partial charge on any atom is 0.493 e. The molecule has 3 aliphatic rings. The van der Waals surface area contributed by atoms with Crippen LogP contribution in [0.2, 0.25) is 0 Å². The molecule has 2 fully saturated rings. The molecule has 0 unspecified atom stereocenters. The third-order valence-electron chi connectivity index (χ3n) is 8.68. The summed E-state index contributed by atoms with van der Waals surface area (Å²) in [5.74, 6) is -2.67. The van der Waals surface area contributed by atoms with Gasteiger partial charge in [0.25, 0.3) is 11.8 Å². The summed E-state index contributed by atoms with van der Waals surface area (Å²) in [4.78, 5) is 44.5. The third kappa shape index (κ3) is 6.72. The minimum Gasteiger partial charge on any atom is -0.487 e. The van der Waals surface area contributed by atoms with Crippen LogP contribution < -0.4 is 10.2 Å². The Morgan fingerprint density at radius 3 is 2.26 bits per heavy atom. The number of nitrogens with zero attached hydrogens (tertiary/aromatic N) is 2. The van der Waals surface area contributed by atoms with Crippen molar-refractivity contribution in [3.8, 4) is 5.75 Å². The van der Waals surface area contributed by atoms with Crippen LogP contribution in [0.3, 0.4) is 0 Å². The Morgan fingerprint density at radius 2 is 1.57 bits per heavy atom. The molecule has 11 heteroatoms. The molecule has 0 saturated carbocycles. The average molecular weight is 588 g/mol. The number of hydroxylamine groups is 1. The summed E-state index contributed by atoms with van der Waals surface area (Å²) >= 11 is 0. The number of nitrogens with one attached hydrogen (secondary N) is 1. The van der Waals surface area contributed by atoms with E-state index in [4.69, 9.17) is 4.74 Å². The molecule has 0 radical (unpaired) electrons. The zero-order chi connectivity index (χ0) is 30.1. The van der Waals surface area contributed by atoms with Crippen molar-refractivity contribution in [1.29, 1.82) is 0 Å². The first-order valence-electron chi connectivity index (χ1n) is 14.3. The lowest BCUT2D eigenvalue weighted by molar-refractivity contribution is -0.207. The normalized spacial score (nSPS) is 19.6. The fourth-order valence-corrected chi connectivity index (χ4v) is 6.34. The molecular weight excluding hydrogens is 551 g/mol. The average Bonchev–Trinajstić information content (AvgIpc) is 3.28. The smallest absolute Gasteiger partial charge is 0.487 e. The molecule has 2 aromatic carbocycles. The van der Waals surface area contributed by atoms with Gasteiger partial charge in [-0.2, -0.15) is 18.7 Å². The van der Waals surface area contributed by atoms with E-state index in [0.29, 0.717) is 24.2 Å². The number of fused-ring (bicyclic) bond motifs is 1. The molecule has 226 valence electrons. The molecule has 0 atom stereocenters. The van der Waals surface area contributed by atoms with Crippen molar-refractivity contribution >= 4 is 17.8 Å². The standard InChI is InChI=1S/C31H36F3N3O5/c1-29(2)19-22-7-5-8-23(26(22)41-29)20-36-14-10-30(11-15-36)12-16-37(17-13-30)27(39)24-9-4-3-6-21(24)18-25(38)35-42-28(40)31(32,33)34/h3-9H,10-20H2,1-2H3,(H,35,38). The molecular formula is C31H36F3N3O5. The summed E-state index contributed by atoms with van der Waals surface area (Å²) in [7, 11) is 0. The monoisotopic (exact) mass is 587 g/mol. The van der Waals surface area contributed by atoms with E-state index in [0.717, 1.165) is 57.5 Å². The highest BCUT2D eigenvalue weighted by atomic mass is 19.4. The van der Waals surface area contributed by atoms with Gasteiger partial charge in [0.05, 0.1) is 6.42 Å². The van der Waals surface area contributed by atoms with E-state index in [1.165, 1.54) is 16.6 Å². The number of halogens is 3. The predicted molar refractivity (Wildman–Crippen MR) is 147 cm³/mol. The highest BCUT2D eigenvalue weighted by molar-refractivity contribution is 5.97. The number of hydrogen-bond donors (Lipinski definition) is 1. The second-order valence-electron chi connectivity index (χ2n) is 12.3. The zero-order valence-corrected chi connectivity index (χ0v) is 23.9. The molecule has 2 amide bonds. The Labute approximate surface area is 243 Å². The van der Waals surface area contributed by atoms with Gasteiger partial charge in [0.1, 0.15) is 11.4 Å². The molecule has 2 saturated heterocycles. The molecule has 0 aliphatic carbocycles. The van der Waals surface area contributed by atoms with Crippen LogP contribution >= 0.6 is 0 Å². The molecule has 1 N–H and O–H groups in total. The van der Waals surface area contributed by atoms with Crippen molar-refractivity contribution in [2.24, 2.45) is 5.41 Å². The molecule has 42 heavy (non-hydrogen) atoms. The van der Waals surface area contributed by atoms with Crippen molar-refractivity contribution < 1.29 is 37.1 Å². The number of rotatable bonds is 5. The fourth-order valence-electron chi connectivity index (χ4n) is 6.34. The summed E-state index contributed by atoms with van der Waals surface area (Å²) in [6.07, 6.45) is -0.815. The van der Waals surface area contributed by atoms with Gasteiger partial charge in [0, 0.05) is 37.2 Å². The Kier molecular flexibility index (Phi) is 8.24. The molecule has 0 bridgehead atoms. The summed E-state index contributed by atoms with van der Waals surface area (Å²) in [5.41, 5.74) is 4.69. The first-order chi connectivity index (χ1) is 19.8. The van der Waals surface area contributed by atoms with Crippen molar-refractivity contribution in [1.82, 2.24) is 15.3 Å². The van der Waals surface area contributed by atoms with Crippen LogP contribution in [0.15, 0.2) is 42.5 Å². The molecule has 8 nitrogen and oxygen atoms in total. The summed E-state index contributed by atoms with van der Waals surface area (Å²) < 4.78 is 43.2. The summed E-state index contributed by atoms with van der Waals surface area (Å²) in [6.45, 7) is 8.26. The largest absolute Gasteiger partial charge is 0.493 e. The van der Waals surface area contributed by atoms with Gasteiger partial charge >= 0.3 is 12.1 Å². The van der Waals surface area contributed by atoms with Crippen molar-refractivity contribution in [3.63, 3.8) is 0 Å². The SMILES string of the molecule is CC1(C)Cc2cccc(CN3CCC4(CC3)CCN(C(=O)c3ccccc3CC(=O)NOC(=O)C(F)(F)F)CC4)c2O1. The number of piperidine rings is 2. The lowest BCUT2D eigenvalue weighted by atomic mass is 9.71. The second kappa shape index (κ2) is 11.6. The van der Waals surface area contributed by atoms with E-state index >= 15 is 0 Å². The Morgan fingerprint density at radius 1 is 0.929 bits per heavy atom. The van der Waals surface area contributed by atoms with Crippen LogP contribution in [0.5, 0.6) is 5.75 Å². The lowest BCUT2D eigenvalue weighted by Crippen LogP contribution is -2.48. The molecule has 5 rings (SSSR count). The first-order valence-corrected chi connectivity index (χ1v) is 14.3. The number of carbonyl (C=O) groups is 3. The van der Waals surface area contributed by atoms with Crippen molar-refractivity contribution in [3.05, 3.63) is 64.7 Å². The number of alkyl halides is 3. The first kappa shape index (κ1) is 29.9. The van der Waals surface area contributed by atoms with Crippen LogP contribution in [0, 0.1) is 5.41 Å². The van der Waals surface area contributed by atoms with E-state index in [9.17, 15) is 27.6 Å². The van der Waals surface area contributed by atoms with E-state index in [-0.39, 0.29) is 16.9 Å². The number of carbonyl (C=O) groups excluding carboxylic acids is 3. The summed E-state index contributed by atoms with van der Waals surface area (Å²) in [5, 5.41) is 0. The Balaban J connectivity index is 1.13. The van der Waals surface area contributed by atoms with Crippen LogP contribution in [0.4, 0.5) is 13.2 Å². The minimum atomic E-state index is -5.22. The van der Waals surface area contributed by atoms with Crippen LogP contribution in [0.25, 0.3) is 0 Å². The third-order valence-corrected chi connectivity index (χ3v) is 8.68. The maximum absolute atomic E-state index is 13.4. The van der Waals surface area contributed by atoms with Gasteiger partial charge < -0.3 is 14.5 Å². The minimum absolute atomic E-state index is 0.172. The van der Waals surface area contributed by atoms with Crippen LogP contribution in [-0.2, 0) is 33.8 Å². The maximum atomic E-state index is 13.4.